The molecule has 1 aromatic rings. The van der Waals surface area contributed by atoms with Crippen LogP contribution in [0.3, 0.4) is 0 Å². The quantitative estimate of drug-likeness (QED) is 0.728. The fourth-order valence-electron chi connectivity index (χ4n) is 1.45. The summed E-state index contributed by atoms with van der Waals surface area (Å²) in [4.78, 5) is 13.0. The number of hydrogen-bond donors (Lipinski definition) is 1. The summed E-state index contributed by atoms with van der Waals surface area (Å²) in [5, 5.41) is 3.27. The Balaban J connectivity index is 2.48. The maximum Gasteiger partial charge on any atom is 0.259 e. The number of nitrogens with zero attached hydrogens (tertiary/aromatic N) is 1. The highest BCUT2D eigenvalue weighted by Gasteiger charge is 2.07. The Labute approximate surface area is 128 Å². The highest BCUT2D eigenvalue weighted by Crippen LogP contribution is 2.26. The van der Waals surface area contributed by atoms with Gasteiger partial charge in [0.05, 0.1) is 11.1 Å². The minimum atomic E-state index is -0.0674. The van der Waals surface area contributed by atoms with E-state index < -0.39 is 0 Å². The Bertz CT molecular complexity index is 438. The lowest BCUT2D eigenvalue weighted by Crippen LogP contribution is -2.27. The van der Waals surface area contributed by atoms with Gasteiger partial charge < -0.3 is 19.7 Å². The molecule has 0 fully saturated rings. The van der Waals surface area contributed by atoms with Gasteiger partial charge in [-0.1, -0.05) is 6.07 Å². The molecule has 0 saturated heterocycles. The average molecular weight is 345 g/mol. The molecule has 0 aliphatic carbocycles. The monoisotopic (exact) mass is 344 g/mol. The van der Waals surface area contributed by atoms with Crippen molar-refractivity contribution in [3.8, 4) is 5.75 Å². The van der Waals surface area contributed by atoms with Gasteiger partial charge in [0.25, 0.3) is 5.91 Å². The first kappa shape index (κ1) is 16.9. The van der Waals surface area contributed by atoms with E-state index in [1.807, 2.05) is 18.2 Å². The SMILES string of the molecule is COCCNCc1ccc(OCC(=O)N(C)C)c(Br)c1. The Morgan fingerprint density at radius 2 is 2.15 bits per heavy atom. The average Bonchev–Trinajstić information content (AvgIpc) is 2.42. The van der Waals surface area contributed by atoms with Crippen molar-refractivity contribution >= 4 is 21.8 Å². The molecule has 1 N–H and O–H groups in total. The highest BCUT2D eigenvalue weighted by molar-refractivity contribution is 9.10. The molecular weight excluding hydrogens is 324 g/mol. The lowest BCUT2D eigenvalue weighted by atomic mass is 10.2. The number of benzene rings is 1. The van der Waals surface area contributed by atoms with Gasteiger partial charge in [0.2, 0.25) is 0 Å². The summed E-state index contributed by atoms with van der Waals surface area (Å²) < 4.78 is 11.3. The number of carbonyl (C=O) groups is 1. The second-order valence-corrected chi connectivity index (χ2v) is 5.37. The first-order valence-electron chi connectivity index (χ1n) is 6.35. The topological polar surface area (TPSA) is 50.8 Å². The van der Waals surface area contributed by atoms with E-state index in [0.29, 0.717) is 12.4 Å². The molecule has 20 heavy (non-hydrogen) atoms. The molecule has 6 heteroatoms. The number of carbonyl (C=O) groups excluding carboxylic acids is 1. The maximum absolute atomic E-state index is 11.5. The summed E-state index contributed by atoms with van der Waals surface area (Å²) in [7, 11) is 5.09. The molecular formula is C14H21BrN2O3. The molecule has 0 aromatic heterocycles. The molecule has 0 unspecified atom stereocenters. The molecule has 0 heterocycles. The van der Waals surface area contributed by atoms with E-state index in [1.54, 1.807) is 21.2 Å². The molecule has 0 saturated carbocycles. The van der Waals surface area contributed by atoms with Gasteiger partial charge in [0.15, 0.2) is 6.61 Å². The number of ether oxygens (including phenoxy) is 2. The van der Waals surface area contributed by atoms with Crippen molar-refractivity contribution in [2.75, 3.05) is 41.0 Å². The van der Waals surface area contributed by atoms with Crippen LogP contribution in [0.1, 0.15) is 5.56 Å². The number of methoxy groups -OCH3 is 1. The summed E-state index contributed by atoms with van der Waals surface area (Å²) in [5.41, 5.74) is 1.14. The van der Waals surface area contributed by atoms with Crippen LogP contribution in [-0.2, 0) is 16.1 Å². The summed E-state index contributed by atoms with van der Waals surface area (Å²) in [6.45, 7) is 2.30. The van der Waals surface area contributed by atoms with Crippen LogP contribution in [-0.4, -0.2) is 51.8 Å². The highest BCUT2D eigenvalue weighted by atomic mass is 79.9. The number of amides is 1. The van der Waals surface area contributed by atoms with Crippen LogP contribution in [0.25, 0.3) is 0 Å². The first-order chi connectivity index (χ1) is 9.54. The number of nitrogens with one attached hydrogen (secondary N) is 1. The van der Waals surface area contributed by atoms with Crippen molar-refractivity contribution in [2.24, 2.45) is 0 Å². The Morgan fingerprint density at radius 1 is 1.40 bits per heavy atom. The molecule has 1 rings (SSSR count). The molecule has 0 spiro atoms. The van der Waals surface area contributed by atoms with E-state index >= 15 is 0 Å². The summed E-state index contributed by atoms with van der Waals surface area (Å²) in [6, 6.07) is 5.82. The number of rotatable bonds is 8. The normalized spacial score (nSPS) is 10.4. The zero-order chi connectivity index (χ0) is 15.0. The van der Waals surface area contributed by atoms with E-state index in [4.69, 9.17) is 9.47 Å². The van der Waals surface area contributed by atoms with Crippen molar-refractivity contribution in [3.63, 3.8) is 0 Å². The predicted octanol–water partition coefficient (Wildman–Crippen LogP) is 1.65. The molecule has 0 atom stereocenters. The minimum absolute atomic E-state index is 0.0387. The van der Waals surface area contributed by atoms with Crippen molar-refractivity contribution in [2.45, 2.75) is 6.54 Å². The molecule has 0 aliphatic heterocycles. The van der Waals surface area contributed by atoms with Crippen LogP contribution < -0.4 is 10.1 Å². The third kappa shape index (κ3) is 5.90. The largest absolute Gasteiger partial charge is 0.483 e. The lowest BCUT2D eigenvalue weighted by molar-refractivity contribution is -0.130. The van der Waals surface area contributed by atoms with Gasteiger partial charge in [-0.25, -0.2) is 0 Å². The van der Waals surface area contributed by atoms with E-state index in [0.717, 1.165) is 23.1 Å². The summed E-state index contributed by atoms with van der Waals surface area (Å²) in [6.07, 6.45) is 0. The Morgan fingerprint density at radius 3 is 2.75 bits per heavy atom. The van der Waals surface area contributed by atoms with Crippen LogP contribution in [0.2, 0.25) is 0 Å². The third-order valence-electron chi connectivity index (χ3n) is 2.66. The minimum Gasteiger partial charge on any atom is -0.483 e. The number of likely N-dealkylation sites (N-methyl/N-ethyl adjacent to an activating group) is 1. The molecule has 1 aromatic carbocycles. The van der Waals surface area contributed by atoms with Crippen LogP contribution >= 0.6 is 15.9 Å². The van der Waals surface area contributed by atoms with Gasteiger partial charge in [0, 0.05) is 34.3 Å². The van der Waals surface area contributed by atoms with Crippen LogP contribution in [0.15, 0.2) is 22.7 Å². The third-order valence-corrected chi connectivity index (χ3v) is 3.28. The zero-order valence-electron chi connectivity index (χ0n) is 12.1. The van der Waals surface area contributed by atoms with Crippen LogP contribution in [0, 0.1) is 0 Å². The van der Waals surface area contributed by atoms with Crippen molar-refractivity contribution in [1.29, 1.82) is 0 Å². The Hall–Kier alpha value is -1.11. The van der Waals surface area contributed by atoms with E-state index in [-0.39, 0.29) is 12.5 Å². The lowest BCUT2D eigenvalue weighted by Gasteiger charge is -2.13. The Kier molecular flexibility index (Phi) is 7.58. The van der Waals surface area contributed by atoms with Crippen molar-refractivity contribution in [3.05, 3.63) is 28.2 Å². The number of hydrogen-bond acceptors (Lipinski definition) is 4. The van der Waals surface area contributed by atoms with E-state index in [1.165, 1.54) is 4.90 Å². The van der Waals surface area contributed by atoms with Gasteiger partial charge in [-0.3, -0.25) is 4.79 Å². The second-order valence-electron chi connectivity index (χ2n) is 4.51. The number of halogens is 1. The first-order valence-corrected chi connectivity index (χ1v) is 7.15. The summed E-state index contributed by atoms with van der Waals surface area (Å²) in [5.74, 6) is 0.600. The molecule has 112 valence electrons. The molecule has 0 aliphatic rings. The maximum atomic E-state index is 11.5. The van der Waals surface area contributed by atoms with Gasteiger partial charge in [-0.05, 0) is 33.6 Å². The van der Waals surface area contributed by atoms with Gasteiger partial charge in [-0.15, -0.1) is 0 Å². The van der Waals surface area contributed by atoms with Gasteiger partial charge >= 0.3 is 0 Å². The summed E-state index contributed by atoms with van der Waals surface area (Å²) >= 11 is 3.45. The standard InChI is InChI=1S/C14H21BrN2O3/c1-17(2)14(18)10-20-13-5-4-11(8-12(13)15)9-16-6-7-19-3/h4-5,8,16H,6-7,9-10H2,1-3H3. The molecule has 0 bridgehead atoms. The van der Waals surface area contributed by atoms with Crippen molar-refractivity contribution < 1.29 is 14.3 Å². The fourth-order valence-corrected chi connectivity index (χ4v) is 1.99. The molecule has 0 radical (unpaired) electrons. The van der Waals surface area contributed by atoms with E-state index in [9.17, 15) is 4.79 Å². The van der Waals surface area contributed by atoms with E-state index in [2.05, 4.69) is 21.2 Å². The van der Waals surface area contributed by atoms with Crippen molar-refractivity contribution in [1.82, 2.24) is 10.2 Å². The smallest absolute Gasteiger partial charge is 0.259 e. The van der Waals surface area contributed by atoms with Gasteiger partial charge in [0.1, 0.15) is 5.75 Å². The fraction of sp³-hybridized carbons (Fsp3) is 0.500. The zero-order valence-corrected chi connectivity index (χ0v) is 13.7. The molecule has 1 amide bonds. The van der Waals surface area contributed by atoms with Crippen LogP contribution in [0.4, 0.5) is 0 Å². The predicted molar refractivity (Wildman–Crippen MR) is 81.9 cm³/mol. The van der Waals surface area contributed by atoms with Crippen LogP contribution in [0.5, 0.6) is 5.75 Å². The molecule has 5 nitrogen and oxygen atoms in total. The van der Waals surface area contributed by atoms with Gasteiger partial charge in [-0.2, -0.15) is 0 Å². The second kappa shape index (κ2) is 8.94.